The average Bonchev–Trinajstić information content (AvgIpc) is 2.70. The van der Waals surface area contributed by atoms with Crippen LogP contribution in [-0.2, 0) is 4.79 Å². The summed E-state index contributed by atoms with van der Waals surface area (Å²) in [6.07, 6.45) is 1.39. The van der Waals surface area contributed by atoms with E-state index in [-0.39, 0.29) is 17.7 Å². The van der Waals surface area contributed by atoms with E-state index in [1.54, 1.807) is 0 Å². The zero-order valence-corrected chi connectivity index (χ0v) is 17.2. The van der Waals surface area contributed by atoms with Gasteiger partial charge in [0, 0.05) is 50.0 Å². The van der Waals surface area contributed by atoms with E-state index >= 15 is 0 Å². The first-order chi connectivity index (χ1) is 13.3. The molecule has 0 aromatic heterocycles. The summed E-state index contributed by atoms with van der Waals surface area (Å²) in [6.45, 7) is 5.29. The van der Waals surface area contributed by atoms with Gasteiger partial charge in [0.2, 0.25) is 5.91 Å². The molecule has 1 heterocycles. The van der Waals surface area contributed by atoms with Crippen LogP contribution in [0.5, 0.6) is 0 Å². The van der Waals surface area contributed by atoms with E-state index < -0.39 is 0 Å². The van der Waals surface area contributed by atoms with E-state index in [4.69, 9.17) is 0 Å². The summed E-state index contributed by atoms with van der Waals surface area (Å²) < 4.78 is 0. The third-order valence-corrected chi connectivity index (χ3v) is 5.56. The molecule has 1 aliphatic heterocycles. The zero-order valence-electron chi connectivity index (χ0n) is 17.2. The normalized spacial score (nSPS) is 14.6. The van der Waals surface area contributed by atoms with E-state index in [0.29, 0.717) is 25.9 Å². The number of anilines is 2. The van der Waals surface area contributed by atoms with Crippen molar-refractivity contribution in [2.75, 3.05) is 37.4 Å². The van der Waals surface area contributed by atoms with Crippen molar-refractivity contribution in [1.82, 2.24) is 4.90 Å². The van der Waals surface area contributed by atoms with Gasteiger partial charge in [0.05, 0.1) is 0 Å². The molecule has 3 rings (SSSR count). The van der Waals surface area contributed by atoms with Gasteiger partial charge < -0.3 is 15.1 Å². The molecule has 148 valence electrons. The van der Waals surface area contributed by atoms with Crippen LogP contribution < -0.4 is 10.2 Å². The van der Waals surface area contributed by atoms with Crippen molar-refractivity contribution in [3.05, 3.63) is 59.2 Å². The van der Waals surface area contributed by atoms with E-state index in [9.17, 15) is 9.59 Å². The number of carbonyl (C=O) groups is 2. The molecule has 1 aliphatic rings. The minimum atomic E-state index is -0.0580. The smallest absolute Gasteiger partial charge is 0.253 e. The fourth-order valence-electron chi connectivity index (χ4n) is 3.49. The second kappa shape index (κ2) is 8.46. The third kappa shape index (κ3) is 4.53. The number of likely N-dealkylation sites (tertiary alicyclic amines) is 1. The Bertz CT molecular complexity index is 851. The largest absolute Gasteiger partial charge is 0.378 e. The van der Waals surface area contributed by atoms with Crippen LogP contribution in [0.25, 0.3) is 0 Å². The molecule has 0 atom stereocenters. The van der Waals surface area contributed by atoms with Gasteiger partial charge in [-0.1, -0.05) is 6.07 Å². The van der Waals surface area contributed by atoms with Crippen molar-refractivity contribution in [2.45, 2.75) is 26.7 Å². The summed E-state index contributed by atoms with van der Waals surface area (Å²) in [5.74, 6) is 0.0365. The number of rotatable bonds is 4. The Morgan fingerprint density at radius 3 is 2.18 bits per heavy atom. The van der Waals surface area contributed by atoms with Gasteiger partial charge in [-0.2, -0.15) is 0 Å². The van der Waals surface area contributed by atoms with E-state index in [1.807, 2.05) is 80.2 Å². The van der Waals surface area contributed by atoms with Gasteiger partial charge >= 0.3 is 0 Å². The fraction of sp³-hybridized carbons (Fsp3) is 0.391. The average molecular weight is 380 g/mol. The van der Waals surface area contributed by atoms with Crippen molar-refractivity contribution in [1.29, 1.82) is 0 Å². The molecule has 1 saturated heterocycles. The highest BCUT2D eigenvalue weighted by atomic mass is 16.2. The molecule has 28 heavy (non-hydrogen) atoms. The topological polar surface area (TPSA) is 52.7 Å². The summed E-state index contributed by atoms with van der Waals surface area (Å²) in [5.41, 5.74) is 4.94. The van der Waals surface area contributed by atoms with E-state index in [0.717, 1.165) is 22.5 Å². The minimum Gasteiger partial charge on any atom is -0.378 e. The minimum absolute atomic E-state index is 0.0379. The van der Waals surface area contributed by atoms with E-state index in [2.05, 4.69) is 5.32 Å². The van der Waals surface area contributed by atoms with Crippen LogP contribution in [0.2, 0.25) is 0 Å². The number of hydrogen-bond donors (Lipinski definition) is 1. The van der Waals surface area contributed by atoms with Gasteiger partial charge in [0.1, 0.15) is 0 Å². The van der Waals surface area contributed by atoms with Crippen LogP contribution in [0.3, 0.4) is 0 Å². The summed E-state index contributed by atoms with van der Waals surface area (Å²) >= 11 is 0. The second-order valence-corrected chi connectivity index (χ2v) is 7.80. The Morgan fingerprint density at radius 2 is 1.61 bits per heavy atom. The van der Waals surface area contributed by atoms with Crippen LogP contribution in [0.4, 0.5) is 11.4 Å². The first kappa shape index (κ1) is 19.9. The summed E-state index contributed by atoms with van der Waals surface area (Å²) in [7, 11) is 3.97. The molecule has 1 N–H and O–H groups in total. The van der Waals surface area contributed by atoms with Gasteiger partial charge in [-0.15, -0.1) is 0 Å². The maximum atomic E-state index is 12.7. The predicted molar refractivity (Wildman–Crippen MR) is 114 cm³/mol. The highest BCUT2D eigenvalue weighted by molar-refractivity contribution is 5.95. The lowest BCUT2D eigenvalue weighted by atomic mass is 9.95. The molecule has 1 fully saturated rings. The maximum Gasteiger partial charge on any atom is 0.253 e. The first-order valence-electron chi connectivity index (χ1n) is 9.80. The molecule has 2 aromatic carbocycles. The highest BCUT2D eigenvalue weighted by Crippen LogP contribution is 2.22. The highest BCUT2D eigenvalue weighted by Gasteiger charge is 2.28. The number of aryl methyl sites for hydroxylation is 2. The number of benzene rings is 2. The Hall–Kier alpha value is -2.82. The van der Waals surface area contributed by atoms with Gasteiger partial charge in [-0.25, -0.2) is 0 Å². The standard InChI is InChI=1S/C23H29N3O2/c1-16-5-6-19(15-17(16)2)23(28)26-13-11-18(12-14-26)22(27)24-20-7-9-21(10-8-20)25(3)4/h5-10,15,18H,11-14H2,1-4H3,(H,24,27). The lowest BCUT2D eigenvalue weighted by molar-refractivity contribution is -0.121. The number of hydrogen-bond acceptors (Lipinski definition) is 3. The molecular formula is C23H29N3O2. The van der Waals surface area contributed by atoms with Crippen molar-refractivity contribution in [3.8, 4) is 0 Å². The number of nitrogens with zero attached hydrogens (tertiary/aromatic N) is 2. The van der Waals surface area contributed by atoms with Crippen molar-refractivity contribution >= 4 is 23.2 Å². The lowest BCUT2D eigenvalue weighted by Crippen LogP contribution is -2.41. The Balaban J connectivity index is 1.54. The molecule has 0 saturated carbocycles. The summed E-state index contributed by atoms with van der Waals surface area (Å²) in [4.78, 5) is 29.2. The van der Waals surface area contributed by atoms with Crippen LogP contribution in [0.1, 0.15) is 34.3 Å². The quantitative estimate of drug-likeness (QED) is 0.878. The molecule has 0 aliphatic carbocycles. The molecule has 0 bridgehead atoms. The van der Waals surface area contributed by atoms with Crippen molar-refractivity contribution in [3.63, 3.8) is 0 Å². The first-order valence-corrected chi connectivity index (χ1v) is 9.80. The number of piperidine rings is 1. The molecule has 5 nitrogen and oxygen atoms in total. The zero-order chi connectivity index (χ0) is 20.3. The van der Waals surface area contributed by atoms with Crippen LogP contribution in [0.15, 0.2) is 42.5 Å². The lowest BCUT2D eigenvalue weighted by Gasteiger charge is -2.31. The van der Waals surface area contributed by atoms with Crippen LogP contribution >= 0.6 is 0 Å². The molecular weight excluding hydrogens is 350 g/mol. The van der Waals surface area contributed by atoms with Gasteiger partial charge in [0.15, 0.2) is 0 Å². The van der Waals surface area contributed by atoms with Crippen molar-refractivity contribution < 1.29 is 9.59 Å². The summed E-state index contributed by atoms with van der Waals surface area (Å²) in [6, 6.07) is 13.6. The number of carbonyl (C=O) groups excluding carboxylic acids is 2. The Kier molecular flexibility index (Phi) is 6.02. The van der Waals surface area contributed by atoms with E-state index in [1.165, 1.54) is 5.56 Å². The Morgan fingerprint density at radius 1 is 0.964 bits per heavy atom. The monoisotopic (exact) mass is 379 g/mol. The molecule has 5 heteroatoms. The molecule has 0 unspecified atom stereocenters. The number of amides is 2. The Labute approximate surface area is 167 Å². The fourth-order valence-corrected chi connectivity index (χ4v) is 3.49. The summed E-state index contributed by atoms with van der Waals surface area (Å²) in [5, 5.41) is 3.01. The molecule has 2 aromatic rings. The molecule has 0 radical (unpaired) electrons. The third-order valence-electron chi connectivity index (χ3n) is 5.56. The molecule has 0 spiro atoms. The van der Waals surface area contributed by atoms with Gasteiger partial charge in [0.25, 0.3) is 5.91 Å². The van der Waals surface area contributed by atoms with Crippen molar-refractivity contribution in [2.24, 2.45) is 5.92 Å². The van der Waals surface area contributed by atoms with Gasteiger partial charge in [-0.3, -0.25) is 9.59 Å². The van der Waals surface area contributed by atoms with Crippen LogP contribution in [-0.4, -0.2) is 43.9 Å². The van der Waals surface area contributed by atoms with Crippen LogP contribution in [0, 0.1) is 19.8 Å². The maximum absolute atomic E-state index is 12.7. The second-order valence-electron chi connectivity index (χ2n) is 7.80. The predicted octanol–water partition coefficient (Wildman–Crippen LogP) is 3.86. The number of nitrogens with one attached hydrogen (secondary N) is 1. The van der Waals surface area contributed by atoms with Gasteiger partial charge in [-0.05, 0) is 74.2 Å². The molecule has 2 amide bonds. The SMILES string of the molecule is Cc1ccc(C(=O)N2CCC(C(=O)Nc3ccc(N(C)C)cc3)CC2)cc1C.